The van der Waals surface area contributed by atoms with Gasteiger partial charge in [0.15, 0.2) is 0 Å². The van der Waals surface area contributed by atoms with Gasteiger partial charge in [0.1, 0.15) is 0 Å². The highest BCUT2D eigenvalue weighted by molar-refractivity contribution is 7.99. The second kappa shape index (κ2) is 10.2. The summed E-state index contributed by atoms with van der Waals surface area (Å²) in [5.41, 5.74) is 1.10. The number of hydrogen-bond donors (Lipinski definition) is 3. The lowest BCUT2D eigenvalue weighted by atomic mass is 10.2. The van der Waals surface area contributed by atoms with Gasteiger partial charge < -0.3 is 20.3 Å². The molecular formula is C15H25NO3S. The van der Waals surface area contributed by atoms with E-state index in [1.165, 1.54) is 0 Å². The van der Waals surface area contributed by atoms with Crippen LogP contribution in [-0.2, 0) is 11.3 Å². The molecule has 0 aromatic heterocycles. The van der Waals surface area contributed by atoms with Gasteiger partial charge in [0.2, 0.25) is 0 Å². The molecule has 1 rings (SSSR count). The van der Waals surface area contributed by atoms with Crippen molar-refractivity contribution < 1.29 is 14.9 Å². The fraction of sp³-hybridized carbons (Fsp3) is 0.600. The van der Waals surface area contributed by atoms with E-state index in [1.54, 1.807) is 11.8 Å². The molecule has 0 spiro atoms. The van der Waals surface area contributed by atoms with Crippen LogP contribution in [0.3, 0.4) is 0 Å². The Bertz CT molecular complexity index is 346. The van der Waals surface area contributed by atoms with Gasteiger partial charge in [-0.3, -0.25) is 0 Å². The second-order valence-electron chi connectivity index (χ2n) is 4.81. The molecule has 3 unspecified atom stereocenters. The van der Waals surface area contributed by atoms with E-state index < -0.39 is 6.10 Å². The molecule has 1 aromatic rings. The Balaban J connectivity index is 2.15. The normalized spacial score (nSPS) is 15.8. The maximum Gasteiger partial charge on any atom is 0.0897 e. The van der Waals surface area contributed by atoms with Crippen molar-refractivity contribution in [3.63, 3.8) is 0 Å². The van der Waals surface area contributed by atoms with Crippen molar-refractivity contribution in [1.29, 1.82) is 0 Å². The predicted octanol–water partition coefficient (Wildman–Crippen LogP) is 1.27. The van der Waals surface area contributed by atoms with Crippen LogP contribution in [0.15, 0.2) is 30.3 Å². The van der Waals surface area contributed by atoms with Gasteiger partial charge >= 0.3 is 0 Å². The van der Waals surface area contributed by atoms with Crippen molar-refractivity contribution in [1.82, 2.24) is 5.32 Å². The highest BCUT2D eigenvalue weighted by Crippen LogP contribution is 2.10. The van der Waals surface area contributed by atoms with Crippen LogP contribution in [0.5, 0.6) is 0 Å². The van der Waals surface area contributed by atoms with Crippen molar-refractivity contribution in [3.05, 3.63) is 35.9 Å². The maximum absolute atomic E-state index is 9.85. The molecule has 0 amide bonds. The quantitative estimate of drug-likeness (QED) is 0.607. The van der Waals surface area contributed by atoms with Crippen molar-refractivity contribution in [3.8, 4) is 0 Å². The van der Waals surface area contributed by atoms with Gasteiger partial charge in [0.25, 0.3) is 0 Å². The van der Waals surface area contributed by atoms with Crippen LogP contribution in [-0.4, -0.2) is 53.6 Å². The van der Waals surface area contributed by atoms with E-state index in [9.17, 15) is 10.2 Å². The molecule has 0 saturated carbocycles. The van der Waals surface area contributed by atoms with Gasteiger partial charge in [-0.15, -0.1) is 0 Å². The van der Waals surface area contributed by atoms with Crippen LogP contribution in [0.2, 0.25) is 0 Å². The van der Waals surface area contributed by atoms with Crippen LogP contribution in [0.4, 0.5) is 0 Å². The Morgan fingerprint density at radius 2 is 2.00 bits per heavy atom. The summed E-state index contributed by atoms with van der Waals surface area (Å²) >= 11 is 1.62. The van der Waals surface area contributed by atoms with Crippen molar-refractivity contribution >= 4 is 11.8 Å². The standard InChI is InChI=1S/C15H25NO3S/c1-12(15(9-17)20-2)16-8-14(18)11-19-10-13-6-4-3-5-7-13/h3-7,12,14-18H,8-11H2,1-2H3. The summed E-state index contributed by atoms with van der Waals surface area (Å²) in [7, 11) is 0. The summed E-state index contributed by atoms with van der Waals surface area (Å²) in [6.07, 6.45) is 1.43. The minimum Gasteiger partial charge on any atom is -0.395 e. The fourth-order valence-corrected chi connectivity index (χ4v) is 2.49. The van der Waals surface area contributed by atoms with Crippen LogP contribution >= 0.6 is 11.8 Å². The van der Waals surface area contributed by atoms with Crippen LogP contribution < -0.4 is 5.32 Å². The predicted molar refractivity (Wildman–Crippen MR) is 84.0 cm³/mol. The van der Waals surface area contributed by atoms with Crippen LogP contribution in [0.25, 0.3) is 0 Å². The van der Waals surface area contributed by atoms with E-state index in [-0.39, 0.29) is 17.9 Å². The lowest BCUT2D eigenvalue weighted by molar-refractivity contribution is 0.0276. The first-order chi connectivity index (χ1) is 9.67. The third-order valence-corrected chi connectivity index (χ3v) is 4.30. The fourth-order valence-electron chi connectivity index (χ4n) is 1.84. The number of rotatable bonds is 10. The molecule has 3 N–H and O–H groups in total. The van der Waals surface area contributed by atoms with E-state index >= 15 is 0 Å². The molecule has 0 heterocycles. The Kier molecular flexibility index (Phi) is 8.89. The van der Waals surface area contributed by atoms with Crippen molar-refractivity contribution in [2.75, 3.05) is 26.0 Å². The molecule has 4 nitrogen and oxygen atoms in total. The molecule has 1 aromatic carbocycles. The summed E-state index contributed by atoms with van der Waals surface area (Å²) in [5, 5.41) is 22.4. The van der Waals surface area contributed by atoms with E-state index in [0.717, 1.165) is 5.56 Å². The summed E-state index contributed by atoms with van der Waals surface area (Å²) in [4.78, 5) is 0. The van der Waals surface area contributed by atoms with Gasteiger partial charge in [-0.05, 0) is 18.7 Å². The number of nitrogens with one attached hydrogen (secondary N) is 1. The highest BCUT2D eigenvalue weighted by atomic mass is 32.2. The van der Waals surface area contributed by atoms with Gasteiger partial charge in [-0.2, -0.15) is 11.8 Å². The summed E-state index contributed by atoms with van der Waals surface area (Å²) in [6.45, 7) is 3.42. The second-order valence-corrected chi connectivity index (χ2v) is 5.89. The molecule has 0 saturated heterocycles. The smallest absolute Gasteiger partial charge is 0.0897 e. The zero-order chi connectivity index (χ0) is 14.8. The number of ether oxygens (including phenoxy) is 1. The topological polar surface area (TPSA) is 61.7 Å². The highest BCUT2D eigenvalue weighted by Gasteiger charge is 2.15. The Labute approximate surface area is 125 Å². The first kappa shape index (κ1) is 17.5. The minimum absolute atomic E-state index is 0.135. The van der Waals surface area contributed by atoms with E-state index in [4.69, 9.17) is 4.74 Å². The molecular weight excluding hydrogens is 274 g/mol. The van der Waals surface area contributed by atoms with Gasteiger partial charge in [-0.1, -0.05) is 30.3 Å². The summed E-state index contributed by atoms with van der Waals surface area (Å²) < 4.78 is 5.48. The third-order valence-electron chi connectivity index (χ3n) is 3.14. The zero-order valence-corrected chi connectivity index (χ0v) is 13.0. The van der Waals surface area contributed by atoms with E-state index in [2.05, 4.69) is 5.32 Å². The van der Waals surface area contributed by atoms with Gasteiger partial charge in [0.05, 0.1) is 25.9 Å². The monoisotopic (exact) mass is 299 g/mol. The number of hydrogen-bond acceptors (Lipinski definition) is 5. The van der Waals surface area contributed by atoms with Crippen LogP contribution in [0.1, 0.15) is 12.5 Å². The first-order valence-corrected chi connectivity index (χ1v) is 8.13. The molecule has 0 fully saturated rings. The summed E-state index contributed by atoms with van der Waals surface area (Å²) in [5.74, 6) is 0. The average molecular weight is 299 g/mol. The molecule has 0 bridgehead atoms. The molecule has 0 aliphatic carbocycles. The third kappa shape index (κ3) is 6.72. The Morgan fingerprint density at radius 3 is 2.60 bits per heavy atom. The van der Waals surface area contributed by atoms with Crippen LogP contribution in [0, 0.1) is 0 Å². The minimum atomic E-state index is -0.539. The van der Waals surface area contributed by atoms with Crippen molar-refractivity contribution in [2.24, 2.45) is 0 Å². The molecule has 114 valence electrons. The number of aliphatic hydroxyl groups excluding tert-OH is 2. The molecule has 5 heteroatoms. The average Bonchev–Trinajstić information content (AvgIpc) is 2.47. The Hall–Kier alpha value is -0.590. The van der Waals surface area contributed by atoms with Gasteiger partial charge in [-0.25, -0.2) is 0 Å². The molecule has 3 atom stereocenters. The SMILES string of the molecule is CSC(CO)C(C)NCC(O)COCc1ccccc1. The number of benzene rings is 1. The molecule has 0 radical (unpaired) electrons. The lowest BCUT2D eigenvalue weighted by Gasteiger charge is -2.23. The van der Waals surface area contributed by atoms with Crippen molar-refractivity contribution in [2.45, 2.75) is 30.9 Å². The Morgan fingerprint density at radius 1 is 1.30 bits per heavy atom. The molecule has 20 heavy (non-hydrogen) atoms. The number of aliphatic hydroxyl groups is 2. The van der Waals surface area contributed by atoms with E-state index in [1.807, 2.05) is 43.5 Å². The molecule has 0 aliphatic rings. The number of thioether (sulfide) groups is 1. The van der Waals surface area contributed by atoms with Gasteiger partial charge in [0, 0.05) is 17.8 Å². The van der Waals surface area contributed by atoms with E-state index in [0.29, 0.717) is 19.8 Å². The zero-order valence-electron chi connectivity index (χ0n) is 12.2. The lowest BCUT2D eigenvalue weighted by Crippen LogP contribution is -2.42. The molecule has 0 aliphatic heterocycles. The first-order valence-electron chi connectivity index (χ1n) is 6.84. The largest absolute Gasteiger partial charge is 0.395 e. The summed E-state index contributed by atoms with van der Waals surface area (Å²) in [6, 6.07) is 10.0. The maximum atomic E-state index is 9.85.